The maximum absolute atomic E-state index is 12.3. The molecule has 0 aliphatic rings. The lowest BCUT2D eigenvalue weighted by Gasteiger charge is -2.17. The molecule has 23 heavy (non-hydrogen) atoms. The zero-order valence-corrected chi connectivity index (χ0v) is 13.7. The van der Waals surface area contributed by atoms with Crippen molar-refractivity contribution >= 4 is 22.9 Å². The number of carbonyl (C=O) groups excluding carboxylic acids is 1. The summed E-state index contributed by atoms with van der Waals surface area (Å²) in [7, 11) is 0. The summed E-state index contributed by atoms with van der Waals surface area (Å²) in [5, 5.41) is 11.9. The van der Waals surface area contributed by atoms with Gasteiger partial charge in [0, 0.05) is 6.42 Å². The van der Waals surface area contributed by atoms with Gasteiger partial charge in [0.25, 0.3) is 0 Å². The smallest absolute Gasteiger partial charge is 0.326 e. The number of amides is 1. The number of carboxylic acids is 1. The second-order valence-electron chi connectivity index (χ2n) is 6.04. The van der Waals surface area contributed by atoms with E-state index in [0.29, 0.717) is 12.8 Å². The number of fused-ring (bicyclic) bond motifs is 1. The number of hydrogen-bond donors (Lipinski definition) is 2. The lowest BCUT2D eigenvalue weighted by molar-refractivity contribution is -0.142. The molecule has 1 heterocycles. The number of carbonyl (C=O) groups is 2. The molecule has 124 valence electrons. The zero-order chi connectivity index (χ0) is 17.0. The van der Waals surface area contributed by atoms with Crippen LogP contribution in [0.15, 0.2) is 24.3 Å². The predicted molar refractivity (Wildman–Crippen MR) is 88.1 cm³/mol. The quantitative estimate of drug-likeness (QED) is 0.820. The number of aliphatic carboxylic acids is 1. The molecule has 0 fully saturated rings. The summed E-state index contributed by atoms with van der Waals surface area (Å²) in [6, 6.07) is 6.76. The van der Waals surface area contributed by atoms with Crippen LogP contribution in [0.25, 0.3) is 11.0 Å². The van der Waals surface area contributed by atoms with E-state index in [9.17, 15) is 14.7 Å². The minimum absolute atomic E-state index is 0.0750. The first-order chi connectivity index (χ1) is 10.9. The molecule has 0 radical (unpaired) electrons. The highest BCUT2D eigenvalue weighted by Crippen LogP contribution is 2.16. The molecule has 6 nitrogen and oxygen atoms in total. The van der Waals surface area contributed by atoms with Crippen LogP contribution in [0, 0.1) is 5.92 Å². The van der Waals surface area contributed by atoms with Crippen molar-refractivity contribution < 1.29 is 14.7 Å². The number of imidazole rings is 1. The molecule has 0 spiro atoms. The molecule has 1 amide bonds. The van der Waals surface area contributed by atoms with E-state index in [-0.39, 0.29) is 18.4 Å². The van der Waals surface area contributed by atoms with Gasteiger partial charge in [-0.25, -0.2) is 9.78 Å². The maximum atomic E-state index is 12.3. The first-order valence-corrected chi connectivity index (χ1v) is 7.88. The molecule has 0 saturated carbocycles. The molecule has 2 N–H and O–H groups in total. The monoisotopic (exact) mass is 317 g/mol. The minimum Gasteiger partial charge on any atom is -0.480 e. The number of rotatable bonds is 7. The Balaban J connectivity index is 2.18. The van der Waals surface area contributed by atoms with Gasteiger partial charge in [-0.05, 0) is 24.5 Å². The van der Waals surface area contributed by atoms with Crippen molar-refractivity contribution in [2.75, 3.05) is 0 Å². The van der Waals surface area contributed by atoms with Crippen molar-refractivity contribution in [2.24, 2.45) is 5.92 Å². The van der Waals surface area contributed by atoms with E-state index in [1.807, 2.05) is 49.6 Å². The number of hydrogen-bond acceptors (Lipinski definition) is 3. The summed E-state index contributed by atoms with van der Waals surface area (Å²) >= 11 is 0. The Morgan fingerprint density at radius 2 is 2.00 bits per heavy atom. The summed E-state index contributed by atoms with van der Waals surface area (Å²) in [4.78, 5) is 28.1. The average molecular weight is 317 g/mol. The van der Waals surface area contributed by atoms with Gasteiger partial charge in [-0.1, -0.05) is 32.9 Å². The summed E-state index contributed by atoms with van der Waals surface area (Å²) in [6.07, 6.45) is 1.11. The van der Waals surface area contributed by atoms with Crippen molar-refractivity contribution in [1.82, 2.24) is 14.9 Å². The van der Waals surface area contributed by atoms with Crippen LogP contribution in [0.3, 0.4) is 0 Å². The fourth-order valence-electron chi connectivity index (χ4n) is 2.65. The number of aromatic nitrogens is 2. The van der Waals surface area contributed by atoms with E-state index in [1.165, 1.54) is 0 Å². The summed E-state index contributed by atoms with van der Waals surface area (Å²) in [5.74, 6) is -0.303. The molecule has 1 aromatic heterocycles. The minimum atomic E-state index is -1.00. The van der Waals surface area contributed by atoms with Crippen molar-refractivity contribution in [1.29, 1.82) is 0 Å². The molecule has 1 atom stereocenters. The summed E-state index contributed by atoms with van der Waals surface area (Å²) in [5.41, 5.74) is 1.73. The van der Waals surface area contributed by atoms with Gasteiger partial charge in [-0.15, -0.1) is 0 Å². The highest BCUT2D eigenvalue weighted by Gasteiger charge is 2.22. The van der Waals surface area contributed by atoms with Gasteiger partial charge in [-0.2, -0.15) is 0 Å². The van der Waals surface area contributed by atoms with Gasteiger partial charge in [0.2, 0.25) is 5.91 Å². The second kappa shape index (κ2) is 7.26. The zero-order valence-electron chi connectivity index (χ0n) is 13.7. The number of carboxylic acid groups (broad SMARTS) is 1. The van der Waals surface area contributed by atoms with Crippen LogP contribution in [0.5, 0.6) is 0 Å². The van der Waals surface area contributed by atoms with Gasteiger partial charge in [0.05, 0.1) is 11.0 Å². The Morgan fingerprint density at radius 3 is 2.61 bits per heavy atom. The molecule has 0 bridgehead atoms. The Bertz CT molecular complexity index is 706. The van der Waals surface area contributed by atoms with E-state index < -0.39 is 12.0 Å². The number of nitrogens with one attached hydrogen (secondary N) is 1. The topological polar surface area (TPSA) is 84.2 Å². The highest BCUT2D eigenvalue weighted by atomic mass is 16.4. The molecular weight excluding hydrogens is 294 g/mol. The van der Waals surface area contributed by atoms with Crippen LogP contribution in [0.4, 0.5) is 0 Å². The Morgan fingerprint density at radius 1 is 1.30 bits per heavy atom. The van der Waals surface area contributed by atoms with Gasteiger partial charge >= 0.3 is 5.97 Å². The average Bonchev–Trinajstić information content (AvgIpc) is 2.84. The van der Waals surface area contributed by atoms with Crippen molar-refractivity contribution in [2.45, 2.75) is 46.2 Å². The molecule has 2 aromatic rings. The lowest BCUT2D eigenvalue weighted by Crippen LogP contribution is -2.43. The van der Waals surface area contributed by atoms with E-state index in [2.05, 4.69) is 10.3 Å². The molecule has 0 saturated heterocycles. The number of nitrogens with zero attached hydrogens (tertiary/aromatic N) is 2. The Kier molecular flexibility index (Phi) is 5.36. The fraction of sp³-hybridized carbons (Fsp3) is 0.471. The van der Waals surface area contributed by atoms with Crippen LogP contribution >= 0.6 is 0 Å². The Hall–Kier alpha value is -2.37. The molecule has 0 aliphatic heterocycles. The molecule has 0 aliphatic carbocycles. The van der Waals surface area contributed by atoms with E-state index in [4.69, 9.17) is 0 Å². The molecule has 1 unspecified atom stereocenters. The van der Waals surface area contributed by atoms with Crippen LogP contribution in [0.1, 0.15) is 33.0 Å². The van der Waals surface area contributed by atoms with Crippen molar-refractivity contribution in [3.05, 3.63) is 30.1 Å². The Labute approximate surface area is 135 Å². The highest BCUT2D eigenvalue weighted by molar-refractivity contribution is 5.85. The van der Waals surface area contributed by atoms with E-state index in [1.54, 1.807) is 0 Å². The maximum Gasteiger partial charge on any atom is 0.326 e. The van der Waals surface area contributed by atoms with E-state index in [0.717, 1.165) is 16.9 Å². The van der Waals surface area contributed by atoms with Crippen LogP contribution in [-0.4, -0.2) is 32.6 Å². The standard InChI is InChI=1S/C17H23N3O3/c1-4-15-18-12-7-5-6-8-14(12)20(15)10-16(21)19-13(17(22)23)9-11(2)3/h5-8,11,13H,4,9-10H2,1-3H3,(H,19,21)(H,22,23). The fourth-order valence-corrected chi connectivity index (χ4v) is 2.65. The third-order valence-corrected chi connectivity index (χ3v) is 3.69. The second-order valence-corrected chi connectivity index (χ2v) is 6.04. The third kappa shape index (κ3) is 4.09. The molecule has 1 aromatic carbocycles. The van der Waals surface area contributed by atoms with E-state index >= 15 is 0 Å². The molecule has 2 rings (SSSR count). The third-order valence-electron chi connectivity index (χ3n) is 3.69. The number of benzene rings is 1. The first kappa shape index (κ1) is 17.0. The largest absolute Gasteiger partial charge is 0.480 e. The van der Waals surface area contributed by atoms with Gasteiger partial charge in [0.1, 0.15) is 18.4 Å². The predicted octanol–water partition coefficient (Wildman–Crippen LogP) is 2.21. The normalized spacial score (nSPS) is 12.5. The molecular formula is C17H23N3O3. The van der Waals surface area contributed by atoms with Crippen LogP contribution in [0.2, 0.25) is 0 Å². The first-order valence-electron chi connectivity index (χ1n) is 7.88. The van der Waals surface area contributed by atoms with Crippen LogP contribution in [-0.2, 0) is 22.6 Å². The van der Waals surface area contributed by atoms with Crippen LogP contribution < -0.4 is 5.32 Å². The molecule has 6 heteroatoms. The SMILES string of the molecule is CCc1nc2ccccc2n1CC(=O)NC(CC(C)C)C(=O)O. The van der Waals surface area contributed by atoms with Gasteiger partial charge in [-0.3, -0.25) is 4.79 Å². The van der Waals surface area contributed by atoms with Crippen molar-refractivity contribution in [3.63, 3.8) is 0 Å². The van der Waals surface area contributed by atoms with Crippen molar-refractivity contribution in [3.8, 4) is 0 Å². The van der Waals surface area contributed by atoms with Gasteiger partial charge in [0.15, 0.2) is 0 Å². The lowest BCUT2D eigenvalue weighted by atomic mass is 10.0. The number of aryl methyl sites for hydroxylation is 1. The van der Waals surface area contributed by atoms with Gasteiger partial charge < -0.3 is 15.0 Å². The number of para-hydroxylation sites is 2. The summed E-state index contributed by atoms with van der Waals surface area (Å²) in [6.45, 7) is 5.92. The summed E-state index contributed by atoms with van der Waals surface area (Å²) < 4.78 is 1.85.